The van der Waals surface area contributed by atoms with E-state index in [4.69, 9.17) is 14.6 Å². The first-order valence-electron chi connectivity index (χ1n) is 8.94. The molecule has 150 valence electrons. The van der Waals surface area contributed by atoms with Crippen LogP contribution in [0, 0.1) is 5.82 Å². The molecule has 1 aromatic rings. The Morgan fingerprint density at radius 2 is 2.00 bits per heavy atom. The topological polar surface area (TPSA) is 79.3 Å². The van der Waals surface area contributed by atoms with Crippen molar-refractivity contribution in [2.75, 3.05) is 32.8 Å². The molecule has 1 saturated heterocycles. The van der Waals surface area contributed by atoms with Gasteiger partial charge >= 0.3 is 12.1 Å². The van der Waals surface area contributed by atoms with Gasteiger partial charge in [-0.05, 0) is 45.9 Å². The molecule has 1 unspecified atom stereocenters. The lowest BCUT2D eigenvalue weighted by molar-refractivity contribution is 0.000297. The molecule has 2 rings (SSSR count). The zero-order valence-corrected chi connectivity index (χ0v) is 16.2. The van der Waals surface area contributed by atoms with Crippen molar-refractivity contribution in [2.24, 2.45) is 0 Å². The van der Waals surface area contributed by atoms with E-state index in [0.717, 1.165) is 6.07 Å². The Balaban J connectivity index is 1.80. The van der Waals surface area contributed by atoms with Crippen molar-refractivity contribution in [3.05, 3.63) is 29.6 Å². The van der Waals surface area contributed by atoms with Crippen LogP contribution in [-0.2, 0) is 4.74 Å². The minimum Gasteiger partial charge on any atom is -0.489 e. The molecule has 0 bridgehead atoms. The number of ether oxygens (including phenoxy) is 2. The van der Waals surface area contributed by atoms with Crippen molar-refractivity contribution in [3.8, 4) is 5.75 Å². The molecule has 1 fully saturated rings. The number of nitrogens with zero attached hydrogens (tertiary/aromatic N) is 2. The van der Waals surface area contributed by atoms with Crippen LogP contribution < -0.4 is 4.74 Å². The maximum Gasteiger partial charge on any atom is 0.410 e. The molecule has 1 aromatic carbocycles. The van der Waals surface area contributed by atoms with Gasteiger partial charge in [0.15, 0.2) is 11.6 Å². The van der Waals surface area contributed by atoms with Gasteiger partial charge in [-0.2, -0.15) is 0 Å². The largest absolute Gasteiger partial charge is 0.489 e. The number of halogens is 1. The van der Waals surface area contributed by atoms with Gasteiger partial charge in [0.05, 0.1) is 5.56 Å². The van der Waals surface area contributed by atoms with E-state index in [1.807, 2.05) is 27.7 Å². The summed E-state index contributed by atoms with van der Waals surface area (Å²) in [5.74, 6) is -1.85. The summed E-state index contributed by atoms with van der Waals surface area (Å²) in [6, 6.07) is 3.57. The van der Waals surface area contributed by atoms with Crippen molar-refractivity contribution in [3.63, 3.8) is 0 Å². The Kier molecular flexibility index (Phi) is 6.64. The van der Waals surface area contributed by atoms with Gasteiger partial charge in [0.2, 0.25) is 0 Å². The highest BCUT2D eigenvalue weighted by Crippen LogP contribution is 2.19. The Morgan fingerprint density at radius 3 is 2.56 bits per heavy atom. The van der Waals surface area contributed by atoms with Gasteiger partial charge in [0.25, 0.3) is 0 Å². The predicted octanol–water partition coefficient (Wildman–Crippen LogP) is 2.84. The number of carboxylic acid groups (broad SMARTS) is 1. The number of piperazine rings is 1. The molecular formula is C19H27FN2O5. The average Bonchev–Trinajstić information content (AvgIpc) is 2.54. The third kappa shape index (κ3) is 6.09. The molecular weight excluding hydrogens is 355 g/mol. The van der Waals surface area contributed by atoms with E-state index < -0.39 is 17.4 Å². The average molecular weight is 382 g/mol. The molecule has 1 amide bonds. The summed E-state index contributed by atoms with van der Waals surface area (Å²) < 4.78 is 24.7. The molecule has 0 aliphatic carbocycles. The number of aromatic carboxylic acids is 1. The zero-order chi connectivity index (χ0) is 20.2. The number of hydrogen-bond donors (Lipinski definition) is 1. The molecule has 0 aromatic heterocycles. The second kappa shape index (κ2) is 8.56. The second-order valence-electron chi connectivity index (χ2n) is 7.62. The molecule has 1 aliphatic rings. The summed E-state index contributed by atoms with van der Waals surface area (Å²) in [5.41, 5.74) is -0.644. The van der Waals surface area contributed by atoms with Crippen LogP contribution in [0.3, 0.4) is 0 Å². The Morgan fingerprint density at radius 1 is 1.30 bits per heavy atom. The first kappa shape index (κ1) is 21.0. The fraction of sp³-hybridized carbons (Fsp3) is 0.579. The Hall–Kier alpha value is -2.35. The smallest absolute Gasteiger partial charge is 0.410 e. The normalized spacial score (nSPS) is 18.3. The first-order chi connectivity index (χ1) is 12.6. The monoisotopic (exact) mass is 382 g/mol. The van der Waals surface area contributed by atoms with Gasteiger partial charge < -0.3 is 19.5 Å². The quantitative estimate of drug-likeness (QED) is 0.844. The number of carbonyl (C=O) groups excluding carboxylic acids is 1. The lowest BCUT2D eigenvalue weighted by Gasteiger charge is -2.40. The van der Waals surface area contributed by atoms with Crippen molar-refractivity contribution in [1.29, 1.82) is 0 Å². The maximum atomic E-state index is 13.9. The number of amides is 1. The van der Waals surface area contributed by atoms with E-state index in [1.165, 1.54) is 12.1 Å². The highest BCUT2D eigenvalue weighted by Gasteiger charge is 2.30. The van der Waals surface area contributed by atoms with Crippen LogP contribution in [0.25, 0.3) is 0 Å². The van der Waals surface area contributed by atoms with Crippen LogP contribution >= 0.6 is 0 Å². The van der Waals surface area contributed by atoms with Crippen LogP contribution in [0.2, 0.25) is 0 Å². The third-order valence-corrected chi connectivity index (χ3v) is 4.18. The van der Waals surface area contributed by atoms with Crippen molar-refractivity contribution < 1.29 is 28.6 Å². The Bertz CT molecular complexity index is 689. The summed E-state index contributed by atoms with van der Waals surface area (Å²) in [7, 11) is 0. The van der Waals surface area contributed by atoms with Gasteiger partial charge in [-0.1, -0.05) is 0 Å². The molecule has 1 atom stereocenters. The summed E-state index contributed by atoms with van der Waals surface area (Å²) >= 11 is 0. The lowest BCUT2D eigenvalue weighted by atomic mass is 10.2. The first-order valence-corrected chi connectivity index (χ1v) is 8.94. The summed E-state index contributed by atoms with van der Waals surface area (Å²) in [6.45, 7) is 10.2. The van der Waals surface area contributed by atoms with E-state index in [0.29, 0.717) is 26.2 Å². The Labute approximate surface area is 158 Å². The van der Waals surface area contributed by atoms with Gasteiger partial charge in [0.1, 0.15) is 12.2 Å². The van der Waals surface area contributed by atoms with E-state index >= 15 is 0 Å². The highest BCUT2D eigenvalue weighted by atomic mass is 19.1. The van der Waals surface area contributed by atoms with E-state index in [-0.39, 0.29) is 30.1 Å². The molecule has 1 heterocycles. The molecule has 0 spiro atoms. The minimum absolute atomic E-state index is 0.000172. The number of carbonyl (C=O) groups is 2. The summed E-state index contributed by atoms with van der Waals surface area (Å²) in [4.78, 5) is 26.9. The number of hydrogen-bond acceptors (Lipinski definition) is 5. The molecule has 1 aliphatic heterocycles. The number of carboxylic acids is 1. The van der Waals surface area contributed by atoms with Crippen LogP contribution in [0.5, 0.6) is 5.75 Å². The van der Waals surface area contributed by atoms with Gasteiger partial charge in [-0.15, -0.1) is 0 Å². The van der Waals surface area contributed by atoms with Crippen LogP contribution in [-0.4, -0.2) is 71.4 Å². The van der Waals surface area contributed by atoms with E-state index in [1.54, 1.807) is 4.90 Å². The SMILES string of the molecule is CC1CN(CCOc2ccc(C(=O)O)cc2F)CCN1C(=O)OC(C)(C)C. The fourth-order valence-electron chi connectivity index (χ4n) is 2.86. The number of benzene rings is 1. The second-order valence-corrected chi connectivity index (χ2v) is 7.62. The van der Waals surface area contributed by atoms with Crippen LogP contribution in [0.1, 0.15) is 38.1 Å². The molecule has 1 N–H and O–H groups in total. The predicted molar refractivity (Wildman–Crippen MR) is 97.7 cm³/mol. The van der Waals surface area contributed by atoms with Crippen molar-refractivity contribution in [2.45, 2.75) is 39.3 Å². The maximum absolute atomic E-state index is 13.9. The van der Waals surface area contributed by atoms with Crippen LogP contribution in [0.4, 0.5) is 9.18 Å². The van der Waals surface area contributed by atoms with E-state index in [2.05, 4.69) is 4.90 Å². The van der Waals surface area contributed by atoms with Gasteiger partial charge in [0, 0.05) is 32.2 Å². The highest BCUT2D eigenvalue weighted by molar-refractivity contribution is 5.87. The zero-order valence-electron chi connectivity index (χ0n) is 16.2. The number of rotatable bonds is 5. The van der Waals surface area contributed by atoms with Crippen molar-refractivity contribution in [1.82, 2.24) is 9.80 Å². The minimum atomic E-state index is -1.18. The molecule has 8 heteroatoms. The van der Waals surface area contributed by atoms with Crippen LogP contribution in [0.15, 0.2) is 18.2 Å². The van der Waals surface area contributed by atoms with Gasteiger partial charge in [-0.3, -0.25) is 4.90 Å². The van der Waals surface area contributed by atoms with E-state index in [9.17, 15) is 14.0 Å². The van der Waals surface area contributed by atoms with Crippen molar-refractivity contribution >= 4 is 12.1 Å². The fourth-order valence-corrected chi connectivity index (χ4v) is 2.86. The molecule has 0 radical (unpaired) electrons. The van der Waals surface area contributed by atoms with Gasteiger partial charge in [-0.25, -0.2) is 14.0 Å². The molecule has 7 nitrogen and oxygen atoms in total. The standard InChI is InChI=1S/C19H27FN2O5/c1-13-12-21(7-8-22(13)18(25)27-19(2,3)4)9-10-26-16-6-5-14(17(23)24)11-15(16)20/h5-6,11,13H,7-10,12H2,1-4H3,(H,23,24). The molecule has 0 saturated carbocycles. The third-order valence-electron chi connectivity index (χ3n) is 4.18. The molecule has 27 heavy (non-hydrogen) atoms. The summed E-state index contributed by atoms with van der Waals surface area (Å²) in [5, 5.41) is 8.84. The lowest BCUT2D eigenvalue weighted by Crippen LogP contribution is -2.55. The summed E-state index contributed by atoms with van der Waals surface area (Å²) in [6.07, 6.45) is -0.313.